The van der Waals surface area contributed by atoms with Crippen molar-refractivity contribution in [3.63, 3.8) is 0 Å². The highest BCUT2D eigenvalue weighted by Crippen LogP contribution is 2.30. The van der Waals surface area contributed by atoms with Crippen molar-refractivity contribution < 1.29 is 0 Å². The van der Waals surface area contributed by atoms with Gasteiger partial charge < -0.3 is 5.32 Å². The lowest BCUT2D eigenvalue weighted by molar-refractivity contribution is 0.421. The fraction of sp³-hybridized carbons (Fsp3) is 0.583. The number of hydrogen-bond acceptors (Lipinski definition) is 3. The summed E-state index contributed by atoms with van der Waals surface area (Å²) in [5.41, 5.74) is 0. The van der Waals surface area contributed by atoms with Gasteiger partial charge in [-0.15, -0.1) is 11.3 Å². The van der Waals surface area contributed by atoms with E-state index in [0.29, 0.717) is 6.04 Å². The van der Waals surface area contributed by atoms with E-state index in [4.69, 9.17) is 16.9 Å². The van der Waals surface area contributed by atoms with Crippen LogP contribution in [-0.2, 0) is 0 Å². The highest BCUT2D eigenvalue weighted by Gasteiger charge is 2.28. The van der Waals surface area contributed by atoms with E-state index >= 15 is 0 Å². The minimum Gasteiger partial charge on any atom is -0.305 e. The normalized spacial score (nSPS) is 26.6. The van der Waals surface area contributed by atoms with Crippen LogP contribution in [-0.4, -0.2) is 6.04 Å². The van der Waals surface area contributed by atoms with Crippen LogP contribution in [0.1, 0.15) is 37.1 Å². The van der Waals surface area contributed by atoms with Crippen LogP contribution in [0.5, 0.6) is 0 Å². The Hall–Kier alpha value is -0.560. The molecule has 0 aromatic carbocycles. The lowest BCUT2D eigenvalue weighted by Crippen LogP contribution is -2.33. The van der Waals surface area contributed by atoms with E-state index in [2.05, 4.69) is 24.4 Å². The van der Waals surface area contributed by atoms with Crippen molar-refractivity contribution in [3.05, 3.63) is 21.3 Å². The summed E-state index contributed by atoms with van der Waals surface area (Å²) in [6, 6.07) is 7.01. The van der Waals surface area contributed by atoms with Crippen LogP contribution < -0.4 is 5.32 Å². The SMILES string of the molecule is CC(NC1CCCC1C#N)c1ccc(Cl)s1. The third-order valence-electron chi connectivity index (χ3n) is 3.17. The van der Waals surface area contributed by atoms with Crippen LogP contribution in [0, 0.1) is 17.2 Å². The molecule has 0 amide bonds. The van der Waals surface area contributed by atoms with Crippen molar-refractivity contribution in [1.29, 1.82) is 5.26 Å². The molecule has 1 aromatic heterocycles. The van der Waals surface area contributed by atoms with Gasteiger partial charge in [0.2, 0.25) is 0 Å². The smallest absolute Gasteiger partial charge is 0.0931 e. The first-order valence-electron chi connectivity index (χ1n) is 5.61. The molecule has 3 unspecified atom stereocenters. The topological polar surface area (TPSA) is 35.8 Å². The Morgan fingerprint density at radius 1 is 1.56 bits per heavy atom. The Morgan fingerprint density at radius 3 is 3.00 bits per heavy atom. The maximum atomic E-state index is 9.02. The second-order valence-electron chi connectivity index (χ2n) is 4.30. The molecule has 0 saturated heterocycles. The first-order valence-corrected chi connectivity index (χ1v) is 6.81. The number of nitriles is 1. The van der Waals surface area contributed by atoms with Crippen molar-refractivity contribution in [2.24, 2.45) is 5.92 Å². The summed E-state index contributed by atoms with van der Waals surface area (Å²) in [5.74, 6) is 0.179. The molecule has 1 saturated carbocycles. The van der Waals surface area contributed by atoms with E-state index in [1.54, 1.807) is 11.3 Å². The molecular formula is C12H15ClN2S. The van der Waals surface area contributed by atoms with Gasteiger partial charge in [0.15, 0.2) is 0 Å². The third-order valence-corrected chi connectivity index (χ3v) is 4.58. The number of halogens is 1. The maximum absolute atomic E-state index is 9.02. The van der Waals surface area contributed by atoms with Gasteiger partial charge >= 0.3 is 0 Å². The number of hydrogen-bond donors (Lipinski definition) is 1. The van der Waals surface area contributed by atoms with Crippen molar-refractivity contribution >= 4 is 22.9 Å². The summed E-state index contributed by atoms with van der Waals surface area (Å²) < 4.78 is 0.826. The molecular weight excluding hydrogens is 240 g/mol. The lowest BCUT2D eigenvalue weighted by Gasteiger charge is -2.20. The Labute approximate surface area is 105 Å². The van der Waals surface area contributed by atoms with Gasteiger partial charge in [-0.25, -0.2) is 0 Å². The Morgan fingerprint density at radius 2 is 2.38 bits per heavy atom. The zero-order chi connectivity index (χ0) is 11.5. The van der Waals surface area contributed by atoms with E-state index in [1.807, 2.05) is 6.07 Å². The van der Waals surface area contributed by atoms with Crippen molar-refractivity contribution in [3.8, 4) is 6.07 Å². The molecule has 0 aliphatic heterocycles. The van der Waals surface area contributed by atoms with Gasteiger partial charge in [0.1, 0.15) is 0 Å². The second kappa shape index (κ2) is 5.18. The largest absolute Gasteiger partial charge is 0.305 e. The van der Waals surface area contributed by atoms with E-state index < -0.39 is 0 Å². The summed E-state index contributed by atoms with van der Waals surface area (Å²) in [4.78, 5) is 1.24. The lowest BCUT2D eigenvalue weighted by atomic mass is 10.0. The molecule has 2 nitrogen and oxygen atoms in total. The number of thiophene rings is 1. The van der Waals surface area contributed by atoms with E-state index in [1.165, 1.54) is 4.88 Å². The van der Waals surface area contributed by atoms with Crippen LogP contribution in [0.15, 0.2) is 12.1 Å². The fourth-order valence-corrected chi connectivity index (χ4v) is 3.35. The zero-order valence-electron chi connectivity index (χ0n) is 9.24. The van der Waals surface area contributed by atoms with Crippen LogP contribution in [0.2, 0.25) is 4.34 Å². The Balaban J connectivity index is 1.97. The quantitative estimate of drug-likeness (QED) is 0.892. The van der Waals surface area contributed by atoms with Crippen LogP contribution in [0.25, 0.3) is 0 Å². The maximum Gasteiger partial charge on any atom is 0.0931 e. The highest BCUT2D eigenvalue weighted by molar-refractivity contribution is 7.16. The molecule has 1 N–H and O–H groups in total. The molecule has 1 aliphatic rings. The number of nitrogens with zero attached hydrogens (tertiary/aromatic N) is 1. The van der Waals surface area contributed by atoms with Crippen molar-refractivity contribution in [2.75, 3.05) is 0 Å². The first-order chi connectivity index (χ1) is 7.70. The molecule has 1 heterocycles. The predicted octanol–water partition coefficient (Wildman–Crippen LogP) is 3.74. The van der Waals surface area contributed by atoms with Gasteiger partial charge in [-0.2, -0.15) is 5.26 Å². The van der Waals surface area contributed by atoms with Gasteiger partial charge in [-0.3, -0.25) is 0 Å². The summed E-state index contributed by atoms with van der Waals surface area (Å²) in [5, 5.41) is 12.6. The molecule has 0 bridgehead atoms. The Kier molecular flexibility index (Phi) is 3.86. The molecule has 1 aromatic rings. The molecule has 4 heteroatoms. The number of nitrogens with one attached hydrogen (secondary N) is 1. The second-order valence-corrected chi connectivity index (χ2v) is 6.05. The minimum atomic E-state index is 0.179. The summed E-state index contributed by atoms with van der Waals surface area (Å²) in [6.07, 6.45) is 3.31. The van der Waals surface area contributed by atoms with Gasteiger partial charge in [0.25, 0.3) is 0 Å². The molecule has 16 heavy (non-hydrogen) atoms. The number of rotatable bonds is 3. The van der Waals surface area contributed by atoms with Crippen LogP contribution >= 0.6 is 22.9 Å². The molecule has 0 radical (unpaired) electrons. The monoisotopic (exact) mass is 254 g/mol. The van der Waals surface area contributed by atoms with Crippen molar-refractivity contribution in [2.45, 2.75) is 38.3 Å². The molecule has 86 valence electrons. The summed E-state index contributed by atoms with van der Waals surface area (Å²) >= 11 is 7.52. The molecule has 3 atom stereocenters. The minimum absolute atomic E-state index is 0.179. The predicted molar refractivity (Wildman–Crippen MR) is 67.6 cm³/mol. The molecule has 1 aliphatic carbocycles. The van der Waals surface area contributed by atoms with Crippen LogP contribution in [0.3, 0.4) is 0 Å². The summed E-state index contributed by atoms with van der Waals surface area (Å²) in [6.45, 7) is 2.13. The van der Waals surface area contributed by atoms with Gasteiger partial charge in [0.05, 0.1) is 16.3 Å². The average Bonchev–Trinajstić information content (AvgIpc) is 2.86. The highest BCUT2D eigenvalue weighted by atomic mass is 35.5. The molecule has 1 fully saturated rings. The molecule has 2 rings (SSSR count). The van der Waals surface area contributed by atoms with Crippen LogP contribution in [0.4, 0.5) is 0 Å². The van der Waals surface area contributed by atoms with Crippen molar-refractivity contribution in [1.82, 2.24) is 5.32 Å². The van der Waals surface area contributed by atoms with E-state index in [0.717, 1.165) is 23.6 Å². The first kappa shape index (κ1) is 11.9. The van der Waals surface area contributed by atoms with Gasteiger partial charge in [0, 0.05) is 17.0 Å². The fourth-order valence-electron chi connectivity index (χ4n) is 2.28. The third kappa shape index (κ3) is 2.57. The van der Waals surface area contributed by atoms with E-state index in [9.17, 15) is 0 Å². The van der Waals surface area contributed by atoms with E-state index in [-0.39, 0.29) is 12.0 Å². The average molecular weight is 255 g/mol. The standard InChI is InChI=1S/C12H15ClN2S/c1-8(11-5-6-12(13)16-11)15-10-4-2-3-9(10)7-14/h5-6,8-10,15H,2-4H2,1H3. The van der Waals surface area contributed by atoms with Gasteiger partial charge in [-0.05, 0) is 31.9 Å². The summed E-state index contributed by atoms with van der Waals surface area (Å²) in [7, 11) is 0. The Bertz CT molecular complexity index is 396. The zero-order valence-corrected chi connectivity index (χ0v) is 10.8. The molecule has 0 spiro atoms. The van der Waals surface area contributed by atoms with Gasteiger partial charge in [-0.1, -0.05) is 18.0 Å².